The van der Waals surface area contributed by atoms with Crippen molar-refractivity contribution in [3.63, 3.8) is 0 Å². The first-order chi connectivity index (χ1) is 9.59. The van der Waals surface area contributed by atoms with Crippen molar-refractivity contribution < 1.29 is 15.0 Å². The summed E-state index contributed by atoms with van der Waals surface area (Å²) in [6.07, 6.45) is 3.43. The van der Waals surface area contributed by atoms with E-state index in [1.165, 1.54) is 16.0 Å². The third-order valence-corrected chi connectivity index (χ3v) is 4.55. The van der Waals surface area contributed by atoms with Crippen LogP contribution in [-0.4, -0.2) is 36.8 Å². The molecule has 2 heterocycles. The summed E-state index contributed by atoms with van der Waals surface area (Å²) in [5, 5.41) is 29.3. The zero-order chi connectivity index (χ0) is 14.2. The van der Waals surface area contributed by atoms with E-state index in [2.05, 4.69) is 10.3 Å². The number of thiophene rings is 1. The van der Waals surface area contributed by atoms with Crippen LogP contribution < -0.4 is 0 Å². The van der Waals surface area contributed by atoms with Crippen LogP contribution in [0.3, 0.4) is 0 Å². The number of aromatic nitrogens is 3. The quantitative estimate of drug-likeness (QED) is 0.900. The first-order valence-corrected chi connectivity index (χ1v) is 7.40. The molecule has 0 atom stereocenters. The smallest absolute Gasteiger partial charge is 0.358 e. The summed E-state index contributed by atoms with van der Waals surface area (Å²) < 4.78 is 1.53. The standard InChI is InChI=1S/C13H15N3O3S/c17-12(18)10-11(9-4-3-7-20-9)16(15-14-10)8-13(19)5-1-2-6-13/h3-4,7,19H,1-2,5-6,8H2,(H,17,18). The second kappa shape index (κ2) is 4.99. The van der Waals surface area contributed by atoms with Crippen molar-refractivity contribution in [3.05, 3.63) is 23.2 Å². The van der Waals surface area contributed by atoms with E-state index in [1.807, 2.05) is 17.5 Å². The first kappa shape index (κ1) is 13.3. The minimum absolute atomic E-state index is 0.0611. The van der Waals surface area contributed by atoms with E-state index in [4.69, 9.17) is 0 Å². The third kappa shape index (κ3) is 2.34. The van der Waals surface area contributed by atoms with Crippen LogP contribution in [0.1, 0.15) is 36.2 Å². The number of carbonyl (C=O) groups is 1. The monoisotopic (exact) mass is 293 g/mol. The number of carboxylic acids is 1. The van der Waals surface area contributed by atoms with Gasteiger partial charge in [0.05, 0.1) is 17.0 Å². The van der Waals surface area contributed by atoms with Gasteiger partial charge in [0.25, 0.3) is 0 Å². The summed E-state index contributed by atoms with van der Waals surface area (Å²) in [6, 6.07) is 3.69. The van der Waals surface area contributed by atoms with Gasteiger partial charge < -0.3 is 10.2 Å². The molecular weight excluding hydrogens is 278 g/mol. The van der Waals surface area contributed by atoms with Crippen molar-refractivity contribution in [2.75, 3.05) is 0 Å². The largest absolute Gasteiger partial charge is 0.476 e. The lowest BCUT2D eigenvalue weighted by Gasteiger charge is -2.22. The van der Waals surface area contributed by atoms with Crippen LogP contribution in [-0.2, 0) is 6.54 Å². The fourth-order valence-electron chi connectivity index (χ4n) is 2.69. The van der Waals surface area contributed by atoms with Gasteiger partial charge in [0.1, 0.15) is 5.69 Å². The van der Waals surface area contributed by atoms with Crippen LogP contribution >= 0.6 is 11.3 Å². The van der Waals surface area contributed by atoms with Crippen molar-refractivity contribution in [1.82, 2.24) is 15.0 Å². The Hall–Kier alpha value is -1.73. The van der Waals surface area contributed by atoms with Gasteiger partial charge in [-0.15, -0.1) is 16.4 Å². The van der Waals surface area contributed by atoms with Crippen molar-refractivity contribution in [1.29, 1.82) is 0 Å². The summed E-state index contributed by atoms with van der Waals surface area (Å²) >= 11 is 1.44. The van der Waals surface area contributed by atoms with E-state index in [9.17, 15) is 15.0 Å². The van der Waals surface area contributed by atoms with Gasteiger partial charge in [-0.25, -0.2) is 9.48 Å². The Morgan fingerprint density at radius 3 is 2.80 bits per heavy atom. The van der Waals surface area contributed by atoms with Gasteiger partial charge in [0, 0.05) is 0 Å². The Kier molecular flexibility index (Phi) is 3.31. The number of aromatic carboxylic acids is 1. The summed E-state index contributed by atoms with van der Waals surface area (Å²) in [4.78, 5) is 12.1. The van der Waals surface area contributed by atoms with E-state index >= 15 is 0 Å². The highest BCUT2D eigenvalue weighted by molar-refractivity contribution is 7.13. The van der Waals surface area contributed by atoms with Gasteiger partial charge in [-0.3, -0.25) is 0 Å². The van der Waals surface area contributed by atoms with Gasteiger partial charge in [0.15, 0.2) is 5.69 Å². The third-order valence-electron chi connectivity index (χ3n) is 3.67. The minimum atomic E-state index is -1.10. The van der Waals surface area contributed by atoms with E-state index in [-0.39, 0.29) is 5.69 Å². The molecule has 1 fully saturated rings. The first-order valence-electron chi connectivity index (χ1n) is 6.52. The number of carboxylic acid groups (broad SMARTS) is 1. The Balaban J connectivity index is 2.01. The van der Waals surface area contributed by atoms with Crippen molar-refractivity contribution >= 4 is 17.3 Å². The lowest BCUT2D eigenvalue weighted by Crippen LogP contribution is -2.31. The zero-order valence-electron chi connectivity index (χ0n) is 10.8. The molecule has 7 heteroatoms. The summed E-state index contributed by atoms with van der Waals surface area (Å²) in [5.74, 6) is -1.10. The molecule has 0 bridgehead atoms. The van der Waals surface area contributed by atoms with E-state index in [0.717, 1.165) is 30.6 Å². The molecule has 6 nitrogen and oxygen atoms in total. The van der Waals surface area contributed by atoms with Crippen LogP contribution in [0.25, 0.3) is 10.6 Å². The topological polar surface area (TPSA) is 88.2 Å². The molecule has 0 aliphatic heterocycles. The molecule has 1 aliphatic carbocycles. The second-order valence-corrected chi connectivity index (χ2v) is 6.11. The molecule has 1 aliphatic rings. The maximum atomic E-state index is 11.3. The molecule has 0 unspecified atom stereocenters. The predicted octanol–water partition coefficient (Wildman–Crippen LogP) is 2.01. The molecule has 3 rings (SSSR count). The van der Waals surface area contributed by atoms with E-state index in [1.54, 1.807) is 0 Å². The SMILES string of the molecule is O=C(O)c1nnn(CC2(O)CCCC2)c1-c1cccs1. The Bertz CT molecular complexity index is 615. The van der Waals surface area contributed by atoms with Crippen LogP contribution in [0.5, 0.6) is 0 Å². The van der Waals surface area contributed by atoms with Crippen molar-refractivity contribution in [3.8, 4) is 10.6 Å². The van der Waals surface area contributed by atoms with Crippen molar-refractivity contribution in [2.45, 2.75) is 37.8 Å². The Labute approximate surface area is 119 Å². The number of rotatable bonds is 4. The fraction of sp³-hybridized carbons (Fsp3) is 0.462. The molecule has 1 saturated carbocycles. The van der Waals surface area contributed by atoms with Gasteiger partial charge >= 0.3 is 5.97 Å². The van der Waals surface area contributed by atoms with Gasteiger partial charge in [-0.05, 0) is 24.3 Å². The molecule has 2 N–H and O–H groups in total. The maximum absolute atomic E-state index is 11.3. The second-order valence-electron chi connectivity index (χ2n) is 5.16. The zero-order valence-corrected chi connectivity index (χ0v) is 11.6. The molecule has 106 valence electrons. The highest BCUT2D eigenvalue weighted by Crippen LogP contribution is 2.33. The average molecular weight is 293 g/mol. The molecule has 0 aromatic carbocycles. The van der Waals surface area contributed by atoms with Crippen molar-refractivity contribution in [2.24, 2.45) is 0 Å². The van der Waals surface area contributed by atoms with Gasteiger partial charge in [-0.2, -0.15) is 0 Å². The molecule has 0 saturated heterocycles. The average Bonchev–Trinajstić information content (AvgIpc) is 3.09. The van der Waals surface area contributed by atoms with Crippen LogP contribution in [0, 0.1) is 0 Å². The highest BCUT2D eigenvalue weighted by Gasteiger charge is 2.34. The summed E-state index contributed by atoms with van der Waals surface area (Å²) in [5.41, 5.74) is -0.378. The summed E-state index contributed by atoms with van der Waals surface area (Å²) in [7, 11) is 0. The lowest BCUT2D eigenvalue weighted by molar-refractivity contribution is 0.0264. The normalized spacial score (nSPS) is 17.4. The fourth-order valence-corrected chi connectivity index (χ4v) is 3.47. The maximum Gasteiger partial charge on any atom is 0.358 e. The summed E-state index contributed by atoms with van der Waals surface area (Å²) in [6.45, 7) is 0.292. The highest BCUT2D eigenvalue weighted by atomic mass is 32.1. The van der Waals surface area contributed by atoms with Gasteiger partial charge in [0.2, 0.25) is 0 Å². The number of aliphatic hydroxyl groups is 1. The van der Waals surface area contributed by atoms with E-state index in [0.29, 0.717) is 12.2 Å². The molecule has 0 amide bonds. The van der Waals surface area contributed by atoms with Gasteiger partial charge in [-0.1, -0.05) is 24.1 Å². The lowest BCUT2D eigenvalue weighted by atomic mass is 10.0. The molecule has 2 aromatic rings. The van der Waals surface area contributed by atoms with Crippen LogP contribution in [0.15, 0.2) is 17.5 Å². The number of hydrogen-bond acceptors (Lipinski definition) is 5. The molecule has 2 aromatic heterocycles. The Morgan fingerprint density at radius 2 is 2.20 bits per heavy atom. The van der Waals surface area contributed by atoms with Crippen LogP contribution in [0.4, 0.5) is 0 Å². The van der Waals surface area contributed by atoms with Crippen LogP contribution in [0.2, 0.25) is 0 Å². The molecular formula is C13H15N3O3S. The minimum Gasteiger partial charge on any atom is -0.476 e. The molecule has 0 radical (unpaired) electrons. The Morgan fingerprint density at radius 1 is 1.45 bits per heavy atom. The number of nitrogens with zero attached hydrogens (tertiary/aromatic N) is 3. The molecule has 20 heavy (non-hydrogen) atoms. The predicted molar refractivity (Wildman–Crippen MR) is 73.7 cm³/mol. The number of hydrogen-bond donors (Lipinski definition) is 2. The molecule has 0 spiro atoms. The van der Waals surface area contributed by atoms with E-state index < -0.39 is 11.6 Å².